The first-order valence-electron chi connectivity index (χ1n) is 8.04. The highest BCUT2D eigenvalue weighted by Gasteiger charge is 2.24. The minimum absolute atomic E-state index is 0.203. The van der Waals surface area contributed by atoms with Gasteiger partial charge >= 0.3 is 0 Å². The summed E-state index contributed by atoms with van der Waals surface area (Å²) in [6.45, 7) is 7.26. The molecule has 0 heterocycles. The van der Waals surface area contributed by atoms with E-state index >= 15 is 0 Å². The molecule has 2 nitrogen and oxygen atoms in total. The van der Waals surface area contributed by atoms with Crippen LogP contribution in [0.15, 0.2) is 24.3 Å². The van der Waals surface area contributed by atoms with Crippen molar-refractivity contribution in [3.05, 3.63) is 35.4 Å². The van der Waals surface area contributed by atoms with Crippen LogP contribution in [0.1, 0.15) is 74.7 Å². The lowest BCUT2D eigenvalue weighted by molar-refractivity contribution is 0.0648. The second-order valence-corrected chi connectivity index (χ2v) is 6.16. The van der Waals surface area contributed by atoms with E-state index in [9.17, 15) is 4.79 Å². The van der Waals surface area contributed by atoms with Crippen molar-refractivity contribution < 1.29 is 4.79 Å². The Morgan fingerprint density at radius 2 is 1.75 bits per heavy atom. The Hall–Kier alpha value is -1.31. The number of nitrogens with zero attached hydrogens (tertiary/aromatic N) is 1. The molecule has 0 aromatic heterocycles. The molecule has 1 aliphatic carbocycles. The summed E-state index contributed by atoms with van der Waals surface area (Å²) in [7, 11) is 0. The van der Waals surface area contributed by atoms with Gasteiger partial charge in [0.2, 0.25) is 0 Å². The minimum Gasteiger partial charge on any atom is -0.336 e. The third-order valence-corrected chi connectivity index (χ3v) is 4.44. The summed E-state index contributed by atoms with van der Waals surface area (Å²) in [6, 6.07) is 8.61. The molecule has 0 saturated heterocycles. The SMILES string of the molecule is CCN(C(=O)c1ccc(C(C)C)cc1)C1CCCCC1. The molecule has 0 atom stereocenters. The van der Waals surface area contributed by atoms with Crippen LogP contribution < -0.4 is 0 Å². The monoisotopic (exact) mass is 273 g/mol. The molecule has 1 aromatic carbocycles. The van der Waals surface area contributed by atoms with E-state index in [1.54, 1.807) is 0 Å². The van der Waals surface area contributed by atoms with E-state index in [1.165, 1.54) is 37.7 Å². The standard InChI is InChI=1S/C18H27NO/c1-4-19(17-8-6-5-7-9-17)18(20)16-12-10-15(11-13-16)14(2)3/h10-14,17H,4-9H2,1-3H3. The average molecular weight is 273 g/mol. The Kier molecular flexibility index (Phi) is 5.22. The number of carbonyl (C=O) groups is 1. The van der Waals surface area contributed by atoms with Gasteiger partial charge in [-0.1, -0.05) is 45.2 Å². The van der Waals surface area contributed by atoms with Crippen molar-refractivity contribution in [2.45, 2.75) is 64.8 Å². The van der Waals surface area contributed by atoms with Gasteiger partial charge in [-0.3, -0.25) is 4.79 Å². The van der Waals surface area contributed by atoms with Gasteiger partial charge in [0.05, 0.1) is 0 Å². The van der Waals surface area contributed by atoms with Crippen molar-refractivity contribution in [3.63, 3.8) is 0 Å². The Bertz CT molecular complexity index is 429. The van der Waals surface area contributed by atoms with E-state index in [4.69, 9.17) is 0 Å². The molecular formula is C18H27NO. The van der Waals surface area contributed by atoms with Crippen LogP contribution in [0.2, 0.25) is 0 Å². The quantitative estimate of drug-likeness (QED) is 0.784. The minimum atomic E-state index is 0.203. The first-order valence-corrected chi connectivity index (χ1v) is 8.04. The molecular weight excluding hydrogens is 246 g/mol. The van der Waals surface area contributed by atoms with Crippen molar-refractivity contribution in [2.24, 2.45) is 0 Å². The van der Waals surface area contributed by atoms with E-state index in [1.807, 2.05) is 12.1 Å². The summed E-state index contributed by atoms with van der Waals surface area (Å²) in [5.74, 6) is 0.717. The van der Waals surface area contributed by atoms with Crippen LogP contribution in [0.25, 0.3) is 0 Å². The van der Waals surface area contributed by atoms with Crippen LogP contribution in [-0.2, 0) is 0 Å². The number of benzene rings is 1. The van der Waals surface area contributed by atoms with Crippen molar-refractivity contribution in [1.29, 1.82) is 0 Å². The predicted octanol–water partition coefficient (Wildman–Crippen LogP) is 4.60. The van der Waals surface area contributed by atoms with Crippen LogP contribution in [-0.4, -0.2) is 23.4 Å². The maximum absolute atomic E-state index is 12.7. The van der Waals surface area contributed by atoms with E-state index in [0.717, 1.165) is 12.1 Å². The summed E-state index contributed by atoms with van der Waals surface area (Å²) in [5.41, 5.74) is 2.13. The van der Waals surface area contributed by atoms with E-state index in [-0.39, 0.29) is 5.91 Å². The second-order valence-electron chi connectivity index (χ2n) is 6.16. The van der Waals surface area contributed by atoms with Crippen molar-refractivity contribution in [2.75, 3.05) is 6.54 Å². The number of carbonyl (C=O) groups excluding carboxylic acids is 1. The summed E-state index contributed by atoms with van der Waals surface area (Å²) >= 11 is 0. The van der Waals surface area contributed by atoms with Gasteiger partial charge in [0, 0.05) is 18.2 Å². The normalized spacial score (nSPS) is 16.4. The molecule has 0 N–H and O–H groups in total. The van der Waals surface area contributed by atoms with Crippen molar-refractivity contribution >= 4 is 5.91 Å². The molecule has 2 rings (SSSR count). The maximum atomic E-state index is 12.7. The van der Waals surface area contributed by atoms with Crippen LogP contribution in [0.5, 0.6) is 0 Å². The Balaban J connectivity index is 2.11. The zero-order valence-corrected chi connectivity index (χ0v) is 13.1. The molecule has 1 saturated carbocycles. The fourth-order valence-corrected chi connectivity index (χ4v) is 3.14. The van der Waals surface area contributed by atoms with Crippen LogP contribution in [0.4, 0.5) is 0 Å². The van der Waals surface area contributed by atoms with Gasteiger partial charge in [0.15, 0.2) is 0 Å². The molecule has 1 aromatic rings. The van der Waals surface area contributed by atoms with Gasteiger partial charge in [0.1, 0.15) is 0 Å². The molecule has 2 heteroatoms. The molecule has 0 radical (unpaired) electrons. The molecule has 110 valence electrons. The third kappa shape index (κ3) is 3.41. The highest BCUT2D eigenvalue weighted by molar-refractivity contribution is 5.94. The van der Waals surface area contributed by atoms with Gasteiger partial charge in [-0.2, -0.15) is 0 Å². The number of amides is 1. The number of rotatable bonds is 4. The van der Waals surface area contributed by atoms with Gasteiger partial charge in [0.25, 0.3) is 5.91 Å². The smallest absolute Gasteiger partial charge is 0.254 e. The fraction of sp³-hybridized carbons (Fsp3) is 0.611. The van der Waals surface area contributed by atoms with E-state index in [2.05, 4.69) is 37.8 Å². The highest BCUT2D eigenvalue weighted by atomic mass is 16.2. The Morgan fingerprint density at radius 3 is 2.25 bits per heavy atom. The summed E-state index contributed by atoms with van der Waals surface area (Å²) in [5, 5.41) is 0. The van der Waals surface area contributed by atoms with Gasteiger partial charge in [-0.05, 0) is 43.4 Å². The van der Waals surface area contributed by atoms with E-state index in [0.29, 0.717) is 12.0 Å². The van der Waals surface area contributed by atoms with Gasteiger partial charge in [-0.15, -0.1) is 0 Å². The zero-order valence-electron chi connectivity index (χ0n) is 13.1. The Morgan fingerprint density at radius 1 is 1.15 bits per heavy atom. The molecule has 20 heavy (non-hydrogen) atoms. The molecule has 1 aliphatic rings. The lowest BCUT2D eigenvalue weighted by atomic mass is 9.93. The topological polar surface area (TPSA) is 20.3 Å². The van der Waals surface area contributed by atoms with Crippen LogP contribution >= 0.6 is 0 Å². The molecule has 0 unspecified atom stereocenters. The van der Waals surface area contributed by atoms with Crippen molar-refractivity contribution in [1.82, 2.24) is 4.90 Å². The average Bonchev–Trinajstić information content (AvgIpc) is 2.49. The lowest BCUT2D eigenvalue weighted by Crippen LogP contribution is -2.41. The first kappa shape index (κ1) is 15.1. The number of hydrogen-bond acceptors (Lipinski definition) is 1. The first-order chi connectivity index (χ1) is 9.63. The van der Waals surface area contributed by atoms with E-state index < -0.39 is 0 Å². The van der Waals surface area contributed by atoms with Crippen LogP contribution in [0, 0.1) is 0 Å². The van der Waals surface area contributed by atoms with Crippen molar-refractivity contribution in [3.8, 4) is 0 Å². The molecule has 1 fully saturated rings. The summed E-state index contributed by atoms with van der Waals surface area (Å²) < 4.78 is 0. The molecule has 1 amide bonds. The maximum Gasteiger partial charge on any atom is 0.254 e. The molecule has 0 bridgehead atoms. The third-order valence-electron chi connectivity index (χ3n) is 4.44. The predicted molar refractivity (Wildman–Crippen MR) is 84.1 cm³/mol. The van der Waals surface area contributed by atoms with Gasteiger partial charge in [-0.25, -0.2) is 0 Å². The largest absolute Gasteiger partial charge is 0.336 e. The Labute approximate surface area is 123 Å². The zero-order chi connectivity index (χ0) is 14.5. The van der Waals surface area contributed by atoms with Gasteiger partial charge < -0.3 is 4.90 Å². The number of hydrogen-bond donors (Lipinski definition) is 0. The van der Waals surface area contributed by atoms with Crippen LogP contribution in [0.3, 0.4) is 0 Å². The molecule has 0 spiro atoms. The second kappa shape index (κ2) is 6.92. The highest BCUT2D eigenvalue weighted by Crippen LogP contribution is 2.24. The molecule has 0 aliphatic heterocycles. The fourth-order valence-electron chi connectivity index (χ4n) is 3.14. The summed E-state index contributed by atoms with van der Waals surface area (Å²) in [4.78, 5) is 14.8. The lowest BCUT2D eigenvalue weighted by Gasteiger charge is -2.33. The summed E-state index contributed by atoms with van der Waals surface area (Å²) in [6.07, 6.45) is 6.19.